The Balaban J connectivity index is 1.73. The molecule has 0 aliphatic carbocycles. The molecular formula is C21H15ClN4O2S. The minimum Gasteiger partial charge on any atom is -0.271 e. The molecule has 0 N–H and O–H groups in total. The monoisotopic (exact) mass is 422 g/mol. The number of thiophene rings is 1. The third-order valence-electron chi connectivity index (χ3n) is 4.82. The van der Waals surface area contributed by atoms with Gasteiger partial charge in [0.2, 0.25) is 5.78 Å². The van der Waals surface area contributed by atoms with E-state index < -0.39 is 0 Å². The maximum Gasteiger partial charge on any atom is 0.352 e. The van der Waals surface area contributed by atoms with Crippen molar-refractivity contribution < 1.29 is 0 Å². The number of benzene rings is 2. The molecule has 144 valence electrons. The molecule has 0 spiro atoms. The van der Waals surface area contributed by atoms with Crippen LogP contribution in [0, 0.1) is 0 Å². The van der Waals surface area contributed by atoms with Crippen LogP contribution in [0.4, 0.5) is 0 Å². The molecule has 0 bridgehead atoms. The molecule has 2 aromatic carbocycles. The van der Waals surface area contributed by atoms with Gasteiger partial charge in [0, 0.05) is 5.02 Å². The molecule has 5 rings (SSSR count). The van der Waals surface area contributed by atoms with Crippen LogP contribution in [0.2, 0.25) is 5.02 Å². The minimum atomic E-state index is -0.278. The molecule has 0 unspecified atom stereocenters. The van der Waals surface area contributed by atoms with Gasteiger partial charge < -0.3 is 0 Å². The molecule has 3 heterocycles. The number of rotatable bonds is 4. The lowest BCUT2D eigenvalue weighted by atomic mass is 10.2. The van der Waals surface area contributed by atoms with E-state index in [1.54, 1.807) is 22.8 Å². The summed E-state index contributed by atoms with van der Waals surface area (Å²) in [4.78, 5) is 26.3. The first-order valence-corrected chi connectivity index (χ1v) is 10.3. The molecule has 0 saturated carbocycles. The Morgan fingerprint density at radius 3 is 2.38 bits per heavy atom. The lowest BCUT2D eigenvalue weighted by Gasteiger charge is -2.07. The van der Waals surface area contributed by atoms with Crippen LogP contribution in [0.25, 0.3) is 16.0 Å². The molecule has 29 heavy (non-hydrogen) atoms. The van der Waals surface area contributed by atoms with Crippen molar-refractivity contribution in [2.45, 2.75) is 13.1 Å². The quantitative estimate of drug-likeness (QED) is 0.444. The molecule has 3 aromatic heterocycles. The van der Waals surface area contributed by atoms with Gasteiger partial charge in [0.15, 0.2) is 0 Å². The first-order chi connectivity index (χ1) is 14.1. The van der Waals surface area contributed by atoms with Crippen LogP contribution in [0.1, 0.15) is 11.1 Å². The fraction of sp³-hybridized carbons (Fsp3) is 0.0952. The van der Waals surface area contributed by atoms with Crippen molar-refractivity contribution in [1.82, 2.24) is 18.7 Å². The normalized spacial score (nSPS) is 11.5. The van der Waals surface area contributed by atoms with Crippen molar-refractivity contribution in [3.05, 3.63) is 103 Å². The molecule has 0 radical (unpaired) electrons. The smallest absolute Gasteiger partial charge is 0.271 e. The molecule has 5 aromatic rings. The second-order valence-electron chi connectivity index (χ2n) is 6.71. The molecule has 0 atom stereocenters. The van der Waals surface area contributed by atoms with Crippen molar-refractivity contribution in [3.8, 4) is 0 Å². The number of hydrogen-bond acceptors (Lipinski definition) is 4. The third kappa shape index (κ3) is 3.08. The lowest BCUT2D eigenvalue weighted by molar-refractivity contribution is 0.654. The Bertz CT molecular complexity index is 1450. The van der Waals surface area contributed by atoms with Gasteiger partial charge in [-0.15, -0.1) is 16.4 Å². The van der Waals surface area contributed by atoms with E-state index in [1.165, 1.54) is 20.4 Å². The molecule has 0 aliphatic heterocycles. The maximum atomic E-state index is 13.2. The summed E-state index contributed by atoms with van der Waals surface area (Å²) in [5, 5.41) is 6.97. The predicted octanol–water partition coefficient (Wildman–Crippen LogP) is 3.62. The SMILES string of the molecule is O=c1c2sccc2n2c(=O)n(Cc3ccc(Cl)cc3)nc2n1Cc1ccccc1. The van der Waals surface area contributed by atoms with E-state index in [0.29, 0.717) is 34.1 Å². The van der Waals surface area contributed by atoms with Gasteiger partial charge in [0.05, 0.1) is 18.6 Å². The average Bonchev–Trinajstić information content (AvgIpc) is 3.33. The Morgan fingerprint density at radius 2 is 1.62 bits per heavy atom. The second-order valence-corrected chi connectivity index (χ2v) is 8.07. The fourth-order valence-electron chi connectivity index (χ4n) is 3.41. The number of nitrogens with zero attached hydrogens (tertiary/aromatic N) is 4. The number of aromatic nitrogens is 4. The van der Waals surface area contributed by atoms with Crippen molar-refractivity contribution >= 4 is 38.9 Å². The zero-order chi connectivity index (χ0) is 20.0. The van der Waals surface area contributed by atoms with Gasteiger partial charge in [0.25, 0.3) is 5.56 Å². The van der Waals surface area contributed by atoms with Crippen LogP contribution in [-0.4, -0.2) is 18.7 Å². The average molecular weight is 423 g/mol. The molecule has 0 aliphatic rings. The number of halogens is 1. The van der Waals surface area contributed by atoms with Crippen molar-refractivity contribution in [3.63, 3.8) is 0 Å². The van der Waals surface area contributed by atoms with Crippen molar-refractivity contribution in [2.75, 3.05) is 0 Å². The van der Waals surface area contributed by atoms with Crippen LogP contribution in [0.15, 0.2) is 75.6 Å². The maximum absolute atomic E-state index is 13.2. The van der Waals surface area contributed by atoms with Gasteiger partial charge in [-0.05, 0) is 34.7 Å². The van der Waals surface area contributed by atoms with E-state index in [0.717, 1.165) is 11.1 Å². The van der Waals surface area contributed by atoms with Gasteiger partial charge in [0.1, 0.15) is 4.70 Å². The zero-order valence-electron chi connectivity index (χ0n) is 15.2. The Hall–Kier alpha value is -3.16. The fourth-order valence-corrected chi connectivity index (χ4v) is 4.36. The molecule has 8 heteroatoms. The Kier molecular flexibility index (Phi) is 4.34. The zero-order valence-corrected chi connectivity index (χ0v) is 16.7. The Morgan fingerprint density at radius 1 is 0.897 bits per heavy atom. The standard InChI is InChI=1S/C21H15ClN4O2S/c22-16-8-6-15(7-9-16)13-25-21(28)26-17-10-11-29-18(17)19(27)24(20(26)23-25)12-14-4-2-1-3-5-14/h1-11H,12-13H2. The largest absolute Gasteiger partial charge is 0.352 e. The highest BCUT2D eigenvalue weighted by molar-refractivity contribution is 7.17. The summed E-state index contributed by atoms with van der Waals surface area (Å²) in [5.74, 6) is 0.337. The van der Waals surface area contributed by atoms with Crippen LogP contribution in [0.3, 0.4) is 0 Å². The van der Waals surface area contributed by atoms with E-state index in [9.17, 15) is 9.59 Å². The van der Waals surface area contributed by atoms with E-state index in [2.05, 4.69) is 5.10 Å². The van der Waals surface area contributed by atoms with Gasteiger partial charge in [-0.25, -0.2) is 13.9 Å². The predicted molar refractivity (Wildman–Crippen MR) is 115 cm³/mol. The summed E-state index contributed by atoms with van der Waals surface area (Å²) < 4.78 is 5.01. The molecule has 0 saturated heterocycles. The van der Waals surface area contributed by atoms with Gasteiger partial charge >= 0.3 is 5.69 Å². The first kappa shape index (κ1) is 17.9. The van der Waals surface area contributed by atoms with E-state index in [-0.39, 0.29) is 11.2 Å². The summed E-state index contributed by atoms with van der Waals surface area (Å²) in [5.41, 5.74) is 2.03. The van der Waals surface area contributed by atoms with Crippen molar-refractivity contribution in [1.29, 1.82) is 0 Å². The van der Waals surface area contributed by atoms with Crippen molar-refractivity contribution in [2.24, 2.45) is 0 Å². The molecule has 6 nitrogen and oxygen atoms in total. The number of hydrogen-bond donors (Lipinski definition) is 0. The summed E-state index contributed by atoms with van der Waals surface area (Å²) in [6.07, 6.45) is 0. The molecule has 0 fully saturated rings. The van der Waals surface area contributed by atoms with E-state index >= 15 is 0 Å². The second kappa shape index (κ2) is 7.02. The van der Waals surface area contributed by atoms with E-state index in [1.807, 2.05) is 47.8 Å². The van der Waals surface area contributed by atoms with Gasteiger partial charge in [-0.2, -0.15) is 0 Å². The van der Waals surface area contributed by atoms with E-state index in [4.69, 9.17) is 11.6 Å². The summed E-state index contributed by atoms with van der Waals surface area (Å²) in [6.45, 7) is 0.636. The van der Waals surface area contributed by atoms with Crippen LogP contribution < -0.4 is 11.2 Å². The highest BCUT2D eigenvalue weighted by Gasteiger charge is 2.18. The molecular weight excluding hydrogens is 408 g/mol. The first-order valence-electron chi connectivity index (χ1n) is 9.00. The summed E-state index contributed by atoms with van der Waals surface area (Å²) in [7, 11) is 0. The van der Waals surface area contributed by atoms with Crippen LogP contribution >= 0.6 is 22.9 Å². The highest BCUT2D eigenvalue weighted by Crippen LogP contribution is 2.18. The Labute approximate surface area is 173 Å². The van der Waals surface area contributed by atoms with Crippen LogP contribution in [-0.2, 0) is 13.1 Å². The highest BCUT2D eigenvalue weighted by atomic mass is 35.5. The summed E-state index contributed by atoms with van der Waals surface area (Å²) >= 11 is 7.29. The number of fused-ring (bicyclic) bond motifs is 3. The lowest BCUT2D eigenvalue weighted by Crippen LogP contribution is -2.26. The minimum absolute atomic E-state index is 0.144. The van der Waals surface area contributed by atoms with Gasteiger partial charge in [-0.1, -0.05) is 54.1 Å². The topological polar surface area (TPSA) is 61.3 Å². The van der Waals surface area contributed by atoms with Gasteiger partial charge in [-0.3, -0.25) is 9.36 Å². The summed E-state index contributed by atoms with van der Waals surface area (Å²) in [6, 6.07) is 18.7. The molecule has 0 amide bonds. The third-order valence-corrected chi connectivity index (χ3v) is 5.96. The van der Waals surface area contributed by atoms with Crippen LogP contribution in [0.5, 0.6) is 0 Å².